The molecule has 3 aromatic rings. The van der Waals surface area contributed by atoms with Crippen molar-refractivity contribution in [2.24, 2.45) is 5.92 Å². The molecule has 0 aliphatic carbocycles. The normalized spacial score (nSPS) is 16.0. The molecule has 2 aromatic heterocycles. The molecule has 8 heteroatoms. The van der Waals surface area contributed by atoms with E-state index < -0.39 is 0 Å². The second-order valence-electron chi connectivity index (χ2n) is 7.12. The molecule has 0 bridgehead atoms. The number of nitrogens with zero attached hydrogens (tertiary/aromatic N) is 6. The van der Waals surface area contributed by atoms with E-state index in [2.05, 4.69) is 49.4 Å². The van der Waals surface area contributed by atoms with E-state index in [1.165, 1.54) is 5.56 Å². The van der Waals surface area contributed by atoms with Crippen molar-refractivity contribution >= 4 is 0 Å². The molecule has 142 valence electrons. The minimum Gasteiger partial charge on any atom is -0.299 e. The summed E-state index contributed by atoms with van der Waals surface area (Å²) in [6.45, 7) is 5.78. The predicted octanol–water partition coefficient (Wildman–Crippen LogP) is 1.63. The van der Waals surface area contributed by atoms with E-state index in [-0.39, 0.29) is 5.69 Å². The summed E-state index contributed by atoms with van der Waals surface area (Å²) in [4.78, 5) is 18.2. The summed E-state index contributed by atoms with van der Waals surface area (Å²) in [6, 6.07) is 8.48. The molecule has 3 heterocycles. The van der Waals surface area contributed by atoms with Gasteiger partial charge in [-0.2, -0.15) is 10.2 Å². The molecule has 0 unspecified atom stereocenters. The highest BCUT2D eigenvalue weighted by molar-refractivity contribution is 5.33. The molecule has 1 saturated heterocycles. The third-order valence-corrected chi connectivity index (χ3v) is 5.36. The Morgan fingerprint density at radius 3 is 2.63 bits per heavy atom. The fourth-order valence-electron chi connectivity index (χ4n) is 3.79. The lowest BCUT2D eigenvalue weighted by Gasteiger charge is -2.31. The van der Waals surface area contributed by atoms with Gasteiger partial charge in [0.15, 0.2) is 0 Å². The standard InChI is InChI=1S/C19H25N7O/c1-2-25-18(22-23-19(25)27)11-15-7-9-24(10-8-15)12-16-3-5-17(6-4-16)26-14-20-13-21-26/h3-6,13-15H,2,7-12H2,1H3,(H,23,27). The summed E-state index contributed by atoms with van der Waals surface area (Å²) >= 11 is 0. The third-order valence-electron chi connectivity index (χ3n) is 5.36. The van der Waals surface area contributed by atoms with E-state index in [1.54, 1.807) is 21.9 Å². The largest absolute Gasteiger partial charge is 0.343 e. The number of piperidine rings is 1. The van der Waals surface area contributed by atoms with Gasteiger partial charge in [-0.05, 0) is 56.5 Å². The van der Waals surface area contributed by atoms with Crippen molar-refractivity contribution in [3.05, 3.63) is 58.8 Å². The molecule has 1 aliphatic heterocycles. The van der Waals surface area contributed by atoms with Crippen LogP contribution in [0.4, 0.5) is 0 Å². The smallest absolute Gasteiger partial charge is 0.299 e. The van der Waals surface area contributed by atoms with E-state index >= 15 is 0 Å². The summed E-state index contributed by atoms with van der Waals surface area (Å²) in [7, 11) is 0. The number of nitrogens with one attached hydrogen (secondary N) is 1. The van der Waals surface area contributed by atoms with Crippen molar-refractivity contribution < 1.29 is 0 Å². The first-order valence-electron chi connectivity index (χ1n) is 9.53. The highest BCUT2D eigenvalue weighted by Gasteiger charge is 2.21. The number of hydrogen-bond acceptors (Lipinski definition) is 5. The van der Waals surface area contributed by atoms with Gasteiger partial charge in [-0.3, -0.25) is 9.47 Å². The molecule has 27 heavy (non-hydrogen) atoms. The zero-order valence-corrected chi connectivity index (χ0v) is 15.6. The topological polar surface area (TPSA) is 84.6 Å². The average Bonchev–Trinajstić information content (AvgIpc) is 3.34. The van der Waals surface area contributed by atoms with Gasteiger partial charge >= 0.3 is 5.69 Å². The lowest BCUT2D eigenvalue weighted by atomic mass is 9.93. The molecular weight excluding hydrogens is 342 g/mol. The summed E-state index contributed by atoms with van der Waals surface area (Å²) in [5, 5.41) is 10.9. The van der Waals surface area contributed by atoms with E-state index in [0.29, 0.717) is 12.5 Å². The first kappa shape index (κ1) is 17.7. The number of rotatable bonds is 6. The fraction of sp³-hybridized carbons (Fsp3) is 0.474. The summed E-state index contributed by atoms with van der Waals surface area (Å²) < 4.78 is 3.50. The van der Waals surface area contributed by atoms with E-state index in [4.69, 9.17) is 0 Å². The molecule has 0 saturated carbocycles. The minimum atomic E-state index is -0.0979. The average molecular weight is 367 g/mol. The van der Waals surface area contributed by atoms with E-state index in [0.717, 1.165) is 50.4 Å². The molecule has 1 N–H and O–H groups in total. The number of aromatic nitrogens is 6. The van der Waals surface area contributed by atoms with Gasteiger partial charge in [-0.1, -0.05) is 12.1 Å². The van der Waals surface area contributed by atoms with Crippen LogP contribution in [0.5, 0.6) is 0 Å². The molecule has 8 nitrogen and oxygen atoms in total. The van der Waals surface area contributed by atoms with Crippen LogP contribution in [-0.4, -0.2) is 47.5 Å². The van der Waals surface area contributed by atoms with Gasteiger partial charge in [0, 0.05) is 19.5 Å². The maximum Gasteiger partial charge on any atom is 0.343 e. The van der Waals surface area contributed by atoms with E-state index in [9.17, 15) is 4.79 Å². The lowest BCUT2D eigenvalue weighted by Crippen LogP contribution is -2.34. The Bertz CT molecular complexity index is 902. The Hall–Kier alpha value is -2.74. The first-order chi connectivity index (χ1) is 13.2. The van der Waals surface area contributed by atoms with Crippen molar-refractivity contribution in [1.82, 2.24) is 34.4 Å². The highest BCUT2D eigenvalue weighted by Crippen LogP contribution is 2.22. The predicted molar refractivity (Wildman–Crippen MR) is 102 cm³/mol. The van der Waals surface area contributed by atoms with Gasteiger partial charge in [-0.15, -0.1) is 0 Å². The van der Waals surface area contributed by atoms with Crippen LogP contribution in [0, 0.1) is 5.92 Å². The quantitative estimate of drug-likeness (QED) is 0.716. The van der Waals surface area contributed by atoms with Crippen LogP contribution < -0.4 is 5.69 Å². The zero-order valence-electron chi connectivity index (χ0n) is 15.6. The summed E-state index contributed by atoms with van der Waals surface area (Å²) in [5.74, 6) is 1.49. The number of likely N-dealkylation sites (tertiary alicyclic amines) is 1. The Balaban J connectivity index is 1.30. The third kappa shape index (κ3) is 4.00. The number of benzene rings is 1. The molecule has 1 fully saturated rings. The van der Waals surface area contributed by atoms with Crippen molar-refractivity contribution in [1.29, 1.82) is 0 Å². The maximum atomic E-state index is 11.7. The van der Waals surface area contributed by atoms with Crippen LogP contribution in [0.1, 0.15) is 31.2 Å². The van der Waals surface area contributed by atoms with Crippen LogP contribution in [0.3, 0.4) is 0 Å². The molecule has 1 aromatic carbocycles. The second-order valence-corrected chi connectivity index (χ2v) is 7.12. The first-order valence-corrected chi connectivity index (χ1v) is 9.53. The lowest BCUT2D eigenvalue weighted by molar-refractivity contribution is 0.175. The van der Waals surface area contributed by atoms with Crippen LogP contribution in [0.25, 0.3) is 5.69 Å². The molecular formula is C19H25N7O. The van der Waals surface area contributed by atoms with Gasteiger partial charge in [-0.25, -0.2) is 19.6 Å². The second kappa shape index (κ2) is 7.87. The fourth-order valence-corrected chi connectivity index (χ4v) is 3.79. The van der Waals surface area contributed by atoms with Gasteiger partial charge < -0.3 is 0 Å². The Morgan fingerprint density at radius 1 is 1.19 bits per heavy atom. The van der Waals surface area contributed by atoms with Gasteiger partial charge in [0.25, 0.3) is 0 Å². The van der Waals surface area contributed by atoms with Crippen molar-refractivity contribution in [3.8, 4) is 5.69 Å². The highest BCUT2D eigenvalue weighted by atomic mass is 16.1. The van der Waals surface area contributed by atoms with Crippen LogP contribution in [0.15, 0.2) is 41.7 Å². The minimum absolute atomic E-state index is 0.0979. The maximum absolute atomic E-state index is 11.7. The van der Waals surface area contributed by atoms with Crippen molar-refractivity contribution in [2.75, 3.05) is 13.1 Å². The molecule has 0 radical (unpaired) electrons. The molecule has 1 aliphatic rings. The molecule has 4 rings (SSSR count). The van der Waals surface area contributed by atoms with Crippen LogP contribution in [-0.2, 0) is 19.5 Å². The Labute approximate surface area is 157 Å². The summed E-state index contributed by atoms with van der Waals surface area (Å²) in [5.41, 5.74) is 2.24. The van der Waals surface area contributed by atoms with Crippen molar-refractivity contribution in [3.63, 3.8) is 0 Å². The monoisotopic (exact) mass is 367 g/mol. The van der Waals surface area contributed by atoms with E-state index in [1.807, 2.05) is 6.92 Å². The number of aromatic amines is 1. The SMILES string of the molecule is CCn1c(CC2CCN(Cc3ccc(-n4cncn4)cc3)CC2)n[nH]c1=O. The van der Waals surface area contributed by atoms with Gasteiger partial charge in [0.2, 0.25) is 0 Å². The van der Waals surface area contributed by atoms with Crippen LogP contribution in [0.2, 0.25) is 0 Å². The zero-order chi connectivity index (χ0) is 18.6. The van der Waals surface area contributed by atoms with Gasteiger partial charge in [0.05, 0.1) is 5.69 Å². The molecule has 0 atom stereocenters. The van der Waals surface area contributed by atoms with Crippen molar-refractivity contribution in [2.45, 2.75) is 39.3 Å². The number of hydrogen-bond donors (Lipinski definition) is 1. The summed E-state index contributed by atoms with van der Waals surface area (Å²) in [6.07, 6.45) is 6.41. The van der Waals surface area contributed by atoms with Gasteiger partial charge in [0.1, 0.15) is 18.5 Å². The Kier molecular flexibility index (Phi) is 5.15. The number of H-pyrrole nitrogens is 1. The molecule has 0 amide bonds. The Morgan fingerprint density at radius 2 is 1.96 bits per heavy atom. The van der Waals surface area contributed by atoms with Crippen LogP contribution >= 0.6 is 0 Å². The molecule has 0 spiro atoms.